The minimum Gasteiger partial charge on any atom is -0.493 e. The number of aromatic amines is 1. The van der Waals surface area contributed by atoms with E-state index in [1.165, 1.54) is 27.5 Å². The van der Waals surface area contributed by atoms with Gasteiger partial charge >= 0.3 is 0 Å². The van der Waals surface area contributed by atoms with Gasteiger partial charge in [-0.2, -0.15) is 5.10 Å². The summed E-state index contributed by atoms with van der Waals surface area (Å²) in [6.07, 6.45) is 2.29. The number of hydrazone groups is 1. The topological polar surface area (TPSA) is 97.8 Å². The van der Waals surface area contributed by atoms with Crippen molar-refractivity contribution in [3.8, 4) is 17.2 Å². The second-order valence-electron chi connectivity index (χ2n) is 5.95. The summed E-state index contributed by atoms with van der Waals surface area (Å²) in [7, 11) is 4.62. The van der Waals surface area contributed by atoms with Gasteiger partial charge in [0.1, 0.15) is 5.82 Å². The zero-order valence-electron chi connectivity index (χ0n) is 16.0. The summed E-state index contributed by atoms with van der Waals surface area (Å²) in [4.78, 5) is 19.7. The first-order valence-electron chi connectivity index (χ1n) is 8.70. The molecular formula is C20H22N4O4. The van der Waals surface area contributed by atoms with Crippen LogP contribution in [-0.2, 0) is 11.2 Å². The van der Waals surface area contributed by atoms with Crippen molar-refractivity contribution in [1.29, 1.82) is 0 Å². The Bertz CT molecular complexity index is 939. The second-order valence-corrected chi connectivity index (χ2v) is 5.95. The van der Waals surface area contributed by atoms with Gasteiger partial charge in [-0.3, -0.25) is 4.79 Å². The predicted molar refractivity (Wildman–Crippen MR) is 106 cm³/mol. The highest BCUT2D eigenvalue weighted by Crippen LogP contribution is 2.37. The van der Waals surface area contributed by atoms with Crippen molar-refractivity contribution in [2.75, 3.05) is 21.3 Å². The summed E-state index contributed by atoms with van der Waals surface area (Å²) in [6.45, 7) is 0. The number of imidazole rings is 1. The molecule has 3 aromatic rings. The maximum Gasteiger partial charge on any atom is 0.240 e. The van der Waals surface area contributed by atoms with Gasteiger partial charge in [0, 0.05) is 18.4 Å². The van der Waals surface area contributed by atoms with Gasteiger partial charge in [-0.1, -0.05) is 12.1 Å². The number of hydrogen-bond donors (Lipinski definition) is 2. The number of nitrogens with zero attached hydrogens (tertiary/aromatic N) is 2. The van der Waals surface area contributed by atoms with Gasteiger partial charge < -0.3 is 19.2 Å². The first-order valence-corrected chi connectivity index (χ1v) is 8.70. The van der Waals surface area contributed by atoms with E-state index < -0.39 is 0 Å². The van der Waals surface area contributed by atoms with Crippen LogP contribution in [0.3, 0.4) is 0 Å². The lowest BCUT2D eigenvalue weighted by atomic mass is 10.2. The number of methoxy groups -OCH3 is 3. The van der Waals surface area contributed by atoms with Gasteiger partial charge in [-0.15, -0.1) is 0 Å². The summed E-state index contributed by atoms with van der Waals surface area (Å²) in [5.41, 5.74) is 5.06. The van der Waals surface area contributed by atoms with Crippen LogP contribution in [0.5, 0.6) is 17.2 Å². The molecule has 146 valence electrons. The Labute approximate surface area is 162 Å². The number of aryl methyl sites for hydroxylation is 1. The number of para-hydroxylation sites is 2. The molecule has 0 atom stereocenters. The quantitative estimate of drug-likeness (QED) is 0.461. The SMILES string of the molecule is COc1cc(/C=N/NC(=O)CCc2nc3ccccc3[nH]2)cc(OC)c1OC. The van der Waals surface area contributed by atoms with Gasteiger partial charge in [0.15, 0.2) is 11.5 Å². The van der Waals surface area contributed by atoms with Crippen LogP contribution in [0.1, 0.15) is 17.8 Å². The first-order chi connectivity index (χ1) is 13.6. The number of carbonyl (C=O) groups excluding carboxylic acids is 1. The van der Waals surface area contributed by atoms with Gasteiger partial charge in [-0.05, 0) is 24.3 Å². The van der Waals surface area contributed by atoms with Crippen molar-refractivity contribution in [1.82, 2.24) is 15.4 Å². The second kappa shape index (κ2) is 8.90. The Morgan fingerprint density at radius 3 is 2.50 bits per heavy atom. The van der Waals surface area contributed by atoms with E-state index in [4.69, 9.17) is 14.2 Å². The number of nitrogens with one attached hydrogen (secondary N) is 2. The molecule has 8 nitrogen and oxygen atoms in total. The van der Waals surface area contributed by atoms with Crippen LogP contribution < -0.4 is 19.6 Å². The van der Waals surface area contributed by atoms with Crippen molar-refractivity contribution < 1.29 is 19.0 Å². The molecule has 0 aliphatic rings. The third kappa shape index (κ3) is 4.40. The number of ether oxygens (including phenoxy) is 3. The highest BCUT2D eigenvalue weighted by atomic mass is 16.5. The van der Waals surface area contributed by atoms with Crippen LogP contribution in [0.4, 0.5) is 0 Å². The lowest BCUT2D eigenvalue weighted by molar-refractivity contribution is -0.121. The molecule has 28 heavy (non-hydrogen) atoms. The molecule has 8 heteroatoms. The Balaban J connectivity index is 1.58. The fraction of sp³-hybridized carbons (Fsp3) is 0.250. The molecule has 0 aliphatic carbocycles. The van der Waals surface area contributed by atoms with Gasteiger partial charge in [0.2, 0.25) is 11.7 Å². The molecule has 3 rings (SSSR count). The van der Waals surface area contributed by atoms with E-state index in [2.05, 4.69) is 20.5 Å². The number of aromatic nitrogens is 2. The summed E-state index contributed by atoms with van der Waals surface area (Å²) in [5.74, 6) is 2.09. The number of benzene rings is 2. The van der Waals surface area contributed by atoms with Crippen LogP contribution >= 0.6 is 0 Å². The number of carbonyl (C=O) groups is 1. The number of fused-ring (bicyclic) bond motifs is 1. The standard InChI is InChI=1S/C20H22N4O4/c1-26-16-10-13(11-17(27-2)20(16)28-3)12-21-24-19(25)9-8-18-22-14-6-4-5-7-15(14)23-18/h4-7,10-12H,8-9H2,1-3H3,(H,22,23)(H,24,25)/b21-12+. The lowest BCUT2D eigenvalue weighted by Crippen LogP contribution is -2.18. The smallest absolute Gasteiger partial charge is 0.240 e. The molecule has 0 bridgehead atoms. The molecule has 0 saturated carbocycles. The van der Waals surface area contributed by atoms with Crippen molar-refractivity contribution in [3.63, 3.8) is 0 Å². The molecule has 0 saturated heterocycles. The zero-order valence-corrected chi connectivity index (χ0v) is 16.0. The van der Waals surface area contributed by atoms with E-state index in [-0.39, 0.29) is 12.3 Å². The van der Waals surface area contributed by atoms with Gasteiger partial charge in [0.05, 0.1) is 38.6 Å². The summed E-state index contributed by atoms with van der Waals surface area (Å²) in [6, 6.07) is 11.2. The Morgan fingerprint density at radius 1 is 1.14 bits per heavy atom. The fourth-order valence-corrected chi connectivity index (χ4v) is 2.77. The average molecular weight is 382 g/mol. The van der Waals surface area contributed by atoms with Gasteiger partial charge in [0.25, 0.3) is 0 Å². The Kier molecular flexibility index (Phi) is 6.11. The number of H-pyrrole nitrogens is 1. The largest absolute Gasteiger partial charge is 0.493 e. The van der Waals surface area contributed by atoms with Crippen molar-refractivity contribution in [3.05, 3.63) is 47.8 Å². The summed E-state index contributed by atoms with van der Waals surface area (Å²) >= 11 is 0. The molecule has 1 aromatic heterocycles. The summed E-state index contributed by atoms with van der Waals surface area (Å²) < 4.78 is 15.9. The predicted octanol–water partition coefficient (Wildman–Crippen LogP) is 2.67. The normalized spacial score (nSPS) is 11.0. The minimum atomic E-state index is -0.204. The van der Waals surface area contributed by atoms with Crippen LogP contribution in [0.15, 0.2) is 41.5 Å². The van der Waals surface area contributed by atoms with Crippen LogP contribution in [-0.4, -0.2) is 43.4 Å². The van der Waals surface area contributed by atoms with Crippen LogP contribution in [0, 0.1) is 0 Å². The third-order valence-corrected chi connectivity index (χ3v) is 4.12. The molecular weight excluding hydrogens is 360 g/mol. The van der Waals surface area contributed by atoms with E-state index in [1.807, 2.05) is 24.3 Å². The molecule has 0 fully saturated rings. The monoisotopic (exact) mass is 382 g/mol. The zero-order chi connectivity index (χ0) is 19.9. The fourth-order valence-electron chi connectivity index (χ4n) is 2.77. The van der Waals surface area contributed by atoms with E-state index in [0.717, 1.165) is 16.9 Å². The van der Waals surface area contributed by atoms with Crippen LogP contribution in [0.2, 0.25) is 0 Å². The Morgan fingerprint density at radius 2 is 1.86 bits per heavy atom. The number of rotatable bonds is 8. The minimum absolute atomic E-state index is 0.204. The third-order valence-electron chi connectivity index (χ3n) is 4.12. The molecule has 0 aliphatic heterocycles. The van der Waals surface area contributed by atoms with E-state index in [9.17, 15) is 4.79 Å². The van der Waals surface area contributed by atoms with Gasteiger partial charge in [-0.25, -0.2) is 10.4 Å². The highest BCUT2D eigenvalue weighted by molar-refractivity contribution is 5.84. The molecule has 1 amide bonds. The molecule has 1 heterocycles. The van der Waals surface area contributed by atoms with E-state index >= 15 is 0 Å². The van der Waals surface area contributed by atoms with Crippen molar-refractivity contribution in [2.45, 2.75) is 12.8 Å². The van der Waals surface area contributed by atoms with E-state index in [0.29, 0.717) is 29.2 Å². The summed E-state index contributed by atoms with van der Waals surface area (Å²) in [5, 5.41) is 4.00. The number of hydrogen-bond acceptors (Lipinski definition) is 6. The molecule has 0 unspecified atom stereocenters. The molecule has 2 N–H and O–H groups in total. The van der Waals surface area contributed by atoms with E-state index in [1.54, 1.807) is 12.1 Å². The molecule has 0 spiro atoms. The van der Waals surface area contributed by atoms with Crippen molar-refractivity contribution >= 4 is 23.2 Å². The van der Waals surface area contributed by atoms with Crippen LogP contribution in [0.25, 0.3) is 11.0 Å². The first kappa shape index (κ1) is 19.2. The Hall–Kier alpha value is -3.55. The lowest BCUT2D eigenvalue weighted by Gasteiger charge is -2.12. The molecule has 2 aromatic carbocycles. The highest BCUT2D eigenvalue weighted by Gasteiger charge is 2.12. The maximum absolute atomic E-state index is 12.0. The van der Waals surface area contributed by atoms with Crippen molar-refractivity contribution in [2.24, 2.45) is 5.10 Å². The number of amides is 1. The maximum atomic E-state index is 12.0. The molecule has 0 radical (unpaired) electrons. The average Bonchev–Trinajstić information content (AvgIpc) is 3.14.